The van der Waals surface area contributed by atoms with Crippen LogP contribution in [-0.2, 0) is 6.54 Å². The predicted octanol–water partition coefficient (Wildman–Crippen LogP) is -4.60. The summed E-state index contributed by atoms with van der Waals surface area (Å²) in [7, 11) is 0. The Kier molecular flexibility index (Phi) is 6.31. The molecule has 0 unspecified atom stereocenters. The first-order valence-electron chi connectivity index (χ1n) is 5.21. The van der Waals surface area contributed by atoms with Crippen LogP contribution in [0.25, 0.3) is 0 Å². The van der Waals surface area contributed by atoms with Crippen LogP contribution in [0.4, 0.5) is 0 Å². The number of aromatic amines is 1. The van der Waals surface area contributed by atoms with Crippen LogP contribution in [-0.4, -0.2) is 26.6 Å². The Balaban J connectivity index is 0.00000324. The van der Waals surface area contributed by atoms with Crippen molar-refractivity contribution in [2.45, 2.75) is 26.3 Å². The molecule has 0 bridgehead atoms. The molecule has 0 aliphatic heterocycles. The summed E-state index contributed by atoms with van der Waals surface area (Å²) in [5, 5.41) is 19.5. The van der Waals surface area contributed by atoms with E-state index >= 15 is 0 Å². The second-order valence-electron chi connectivity index (χ2n) is 3.58. The number of carboxylic acids is 2. The molecular weight excluding hydrogens is 251 g/mol. The first-order valence-corrected chi connectivity index (χ1v) is 5.21. The predicted molar refractivity (Wildman–Crippen MR) is 57.5 cm³/mol. The molecule has 98 valence electrons. The van der Waals surface area contributed by atoms with Gasteiger partial charge < -0.3 is 20.0 Å². The number of carboxylic acid groups (broad SMARTS) is 2. The molecule has 1 aromatic rings. The molecule has 1 aromatic heterocycles. The number of aromatic carboxylic acids is 2. The summed E-state index contributed by atoms with van der Waals surface area (Å²) >= 11 is 0. The topological polar surface area (TPSA) is 132 Å². The molecule has 8 nitrogen and oxygen atoms in total. The molecule has 0 spiro atoms. The van der Waals surface area contributed by atoms with E-state index in [9.17, 15) is 24.3 Å². The van der Waals surface area contributed by atoms with Gasteiger partial charge in [-0.05, 0) is 6.42 Å². The Morgan fingerprint density at radius 2 is 1.95 bits per heavy atom. The summed E-state index contributed by atoms with van der Waals surface area (Å²) < 4.78 is 0.666. The molecule has 0 fully saturated rings. The molecule has 2 N–H and O–H groups in total. The first kappa shape index (κ1) is 17.2. The van der Waals surface area contributed by atoms with Crippen LogP contribution >= 0.6 is 0 Å². The van der Waals surface area contributed by atoms with Gasteiger partial charge in [0.25, 0.3) is 5.56 Å². The normalized spacial score (nSPS) is 9.74. The molecule has 0 aromatic carbocycles. The van der Waals surface area contributed by atoms with Gasteiger partial charge in [0.2, 0.25) is 0 Å². The number of aromatic nitrogens is 2. The Morgan fingerprint density at radius 1 is 1.37 bits per heavy atom. The molecule has 1 rings (SSSR count). The number of nitrogens with zero attached hydrogens (tertiary/aromatic N) is 1. The van der Waals surface area contributed by atoms with Crippen molar-refractivity contribution >= 4 is 11.9 Å². The monoisotopic (exact) mass is 262 g/mol. The van der Waals surface area contributed by atoms with Gasteiger partial charge in [-0.25, -0.2) is 9.59 Å². The van der Waals surface area contributed by atoms with Crippen LogP contribution < -0.4 is 35.2 Å². The van der Waals surface area contributed by atoms with Crippen molar-refractivity contribution in [3.63, 3.8) is 0 Å². The number of carbonyl (C=O) groups excluding carboxylic acids is 1. The Bertz CT molecular complexity index is 603. The van der Waals surface area contributed by atoms with Crippen molar-refractivity contribution in [2.24, 2.45) is 0 Å². The quantitative estimate of drug-likeness (QED) is 0.513. The van der Waals surface area contributed by atoms with Crippen LogP contribution in [0.15, 0.2) is 9.59 Å². The molecule has 0 aliphatic carbocycles. The van der Waals surface area contributed by atoms with Crippen molar-refractivity contribution < 1.29 is 38.7 Å². The molecule has 0 aliphatic rings. The van der Waals surface area contributed by atoms with Crippen LogP contribution in [0.2, 0.25) is 0 Å². The molecule has 0 saturated carbocycles. The van der Waals surface area contributed by atoms with Crippen LogP contribution in [0, 0.1) is 0 Å². The Hall–Kier alpha value is -1.78. The standard InChI is InChI=1S/C10H12N2O6.Li/c1-2-3-4-12-7(13)5(8(14)15)6(9(16)17)11-10(12)18;/h2-4H2,1H3,(H,11,18)(H,14,15)(H,16,17);/q;+1/p-1. The van der Waals surface area contributed by atoms with Gasteiger partial charge in [0.1, 0.15) is 0 Å². The van der Waals surface area contributed by atoms with Crippen LogP contribution in [0.3, 0.4) is 0 Å². The maximum absolute atomic E-state index is 11.7. The van der Waals surface area contributed by atoms with Gasteiger partial charge >= 0.3 is 30.5 Å². The maximum Gasteiger partial charge on any atom is 1.00 e. The van der Waals surface area contributed by atoms with Crippen LogP contribution in [0.5, 0.6) is 0 Å². The van der Waals surface area contributed by atoms with E-state index in [1.165, 1.54) is 0 Å². The van der Waals surface area contributed by atoms with Gasteiger partial charge in [-0.3, -0.25) is 9.36 Å². The molecule has 19 heavy (non-hydrogen) atoms. The molecular formula is C10H11LiN2O6. The third kappa shape index (κ3) is 3.59. The van der Waals surface area contributed by atoms with E-state index in [4.69, 9.17) is 5.11 Å². The van der Waals surface area contributed by atoms with E-state index in [1.807, 2.05) is 11.9 Å². The zero-order valence-electron chi connectivity index (χ0n) is 10.6. The van der Waals surface area contributed by atoms with E-state index in [0.717, 1.165) is 0 Å². The molecule has 0 radical (unpaired) electrons. The van der Waals surface area contributed by atoms with Gasteiger partial charge in [-0.1, -0.05) is 13.3 Å². The van der Waals surface area contributed by atoms with E-state index in [2.05, 4.69) is 0 Å². The van der Waals surface area contributed by atoms with E-state index in [1.54, 1.807) is 0 Å². The summed E-state index contributed by atoms with van der Waals surface area (Å²) in [6.45, 7) is 1.85. The first-order chi connectivity index (χ1) is 8.40. The Morgan fingerprint density at radius 3 is 2.37 bits per heavy atom. The van der Waals surface area contributed by atoms with Crippen molar-refractivity contribution in [1.82, 2.24) is 9.55 Å². The fourth-order valence-corrected chi connectivity index (χ4v) is 1.44. The average molecular weight is 262 g/mol. The summed E-state index contributed by atoms with van der Waals surface area (Å²) in [6.07, 6.45) is 1.18. The zero-order valence-corrected chi connectivity index (χ0v) is 10.6. The number of nitrogens with one attached hydrogen (secondary N) is 1. The zero-order chi connectivity index (χ0) is 13.9. The van der Waals surface area contributed by atoms with Crippen molar-refractivity contribution in [3.8, 4) is 0 Å². The smallest absolute Gasteiger partial charge is 0.543 e. The molecule has 9 heteroatoms. The summed E-state index contributed by atoms with van der Waals surface area (Å²) in [5.41, 5.74) is -4.10. The van der Waals surface area contributed by atoms with Crippen LogP contribution in [0.1, 0.15) is 40.6 Å². The number of H-pyrrole nitrogens is 1. The minimum Gasteiger partial charge on any atom is -0.543 e. The fourth-order valence-electron chi connectivity index (χ4n) is 1.44. The van der Waals surface area contributed by atoms with Gasteiger partial charge in [0, 0.05) is 6.54 Å². The molecule has 0 saturated heterocycles. The second kappa shape index (κ2) is 6.97. The van der Waals surface area contributed by atoms with Crippen molar-refractivity contribution in [3.05, 3.63) is 32.1 Å². The SMILES string of the molecule is CCCCn1c(=O)[nH]c(C(=O)[O-])c(C(=O)O)c1=O.[Li+]. The van der Waals surface area contributed by atoms with E-state index in [-0.39, 0.29) is 25.4 Å². The number of carbonyl (C=O) groups is 2. The van der Waals surface area contributed by atoms with Gasteiger partial charge in [-0.2, -0.15) is 0 Å². The molecule has 0 atom stereocenters. The Labute approximate surface area is 119 Å². The third-order valence-corrected chi connectivity index (χ3v) is 2.34. The van der Waals surface area contributed by atoms with E-state index in [0.29, 0.717) is 17.4 Å². The van der Waals surface area contributed by atoms with E-state index < -0.39 is 34.4 Å². The summed E-state index contributed by atoms with van der Waals surface area (Å²) in [6, 6.07) is 0. The minimum atomic E-state index is -1.91. The summed E-state index contributed by atoms with van der Waals surface area (Å²) in [5.74, 6) is -3.63. The van der Waals surface area contributed by atoms with Crippen molar-refractivity contribution in [2.75, 3.05) is 0 Å². The minimum absolute atomic E-state index is 0. The summed E-state index contributed by atoms with van der Waals surface area (Å²) in [4.78, 5) is 46.6. The second-order valence-corrected chi connectivity index (χ2v) is 3.58. The maximum atomic E-state index is 11.7. The number of hydrogen-bond donors (Lipinski definition) is 2. The number of unbranched alkanes of at least 4 members (excludes halogenated alkanes) is 1. The van der Waals surface area contributed by atoms with Gasteiger partial charge in [0.15, 0.2) is 5.56 Å². The molecule has 0 amide bonds. The van der Waals surface area contributed by atoms with Gasteiger partial charge in [0.05, 0.1) is 11.7 Å². The number of hydrogen-bond acceptors (Lipinski definition) is 5. The number of rotatable bonds is 5. The third-order valence-electron chi connectivity index (χ3n) is 2.34. The fraction of sp³-hybridized carbons (Fsp3) is 0.400. The van der Waals surface area contributed by atoms with Gasteiger partial charge in [-0.15, -0.1) is 0 Å². The molecule has 1 heterocycles. The average Bonchev–Trinajstić information content (AvgIpc) is 2.27. The van der Waals surface area contributed by atoms with Crippen molar-refractivity contribution in [1.29, 1.82) is 0 Å². The largest absolute Gasteiger partial charge is 1.00 e.